The van der Waals surface area contributed by atoms with Crippen molar-refractivity contribution in [2.75, 3.05) is 0 Å². The maximum atomic E-state index is 12.2. The molecule has 108 valence electrons. The van der Waals surface area contributed by atoms with Crippen LogP contribution in [-0.4, -0.2) is 23.0 Å². The Morgan fingerprint density at radius 1 is 1.45 bits per heavy atom. The zero-order valence-electron chi connectivity index (χ0n) is 11.6. The largest absolute Gasteiger partial charge is 0.480 e. The number of rotatable bonds is 5. The van der Waals surface area contributed by atoms with Crippen molar-refractivity contribution in [1.29, 1.82) is 0 Å². The number of carboxylic acids is 1. The number of hydrogen-bond donors (Lipinski definition) is 2. The molecule has 0 spiro atoms. The summed E-state index contributed by atoms with van der Waals surface area (Å²) < 4.78 is 0. The first-order valence-corrected chi connectivity index (χ1v) is 7.00. The quantitative estimate of drug-likeness (QED) is 0.821. The minimum atomic E-state index is -1.50. The molecule has 0 aromatic heterocycles. The molecule has 20 heavy (non-hydrogen) atoms. The standard InChI is InChI=1S/C15H18ClNO3/c1-9-3-4-10(12(16)7-9)8-15(2,14(19)20)13(18)17-11-5-6-11/h3-4,7,11H,5-6,8H2,1-2H3,(H,17,18)(H,19,20). The van der Waals surface area contributed by atoms with Gasteiger partial charge < -0.3 is 10.4 Å². The molecule has 2 rings (SSSR count). The first kappa shape index (κ1) is 14.9. The number of benzene rings is 1. The molecule has 0 radical (unpaired) electrons. The van der Waals surface area contributed by atoms with E-state index in [1.807, 2.05) is 13.0 Å². The highest BCUT2D eigenvalue weighted by molar-refractivity contribution is 6.31. The van der Waals surface area contributed by atoms with Crippen LogP contribution in [0.2, 0.25) is 5.02 Å². The summed E-state index contributed by atoms with van der Waals surface area (Å²) in [4.78, 5) is 23.7. The minimum absolute atomic E-state index is 0.0833. The predicted molar refractivity (Wildman–Crippen MR) is 76.8 cm³/mol. The molecule has 0 aliphatic heterocycles. The van der Waals surface area contributed by atoms with E-state index in [-0.39, 0.29) is 12.5 Å². The molecule has 1 unspecified atom stereocenters. The molecular formula is C15H18ClNO3. The smallest absolute Gasteiger partial charge is 0.319 e. The van der Waals surface area contributed by atoms with E-state index in [9.17, 15) is 14.7 Å². The van der Waals surface area contributed by atoms with Crippen LogP contribution in [0.3, 0.4) is 0 Å². The van der Waals surface area contributed by atoms with Crippen LogP contribution in [0.15, 0.2) is 18.2 Å². The summed E-state index contributed by atoms with van der Waals surface area (Å²) in [5, 5.41) is 12.7. The summed E-state index contributed by atoms with van der Waals surface area (Å²) in [6, 6.07) is 5.55. The number of nitrogens with one attached hydrogen (secondary N) is 1. The Morgan fingerprint density at radius 2 is 2.10 bits per heavy atom. The number of halogens is 1. The summed E-state index contributed by atoms with van der Waals surface area (Å²) >= 11 is 6.14. The van der Waals surface area contributed by atoms with Gasteiger partial charge in [0.2, 0.25) is 5.91 Å². The molecule has 5 heteroatoms. The summed E-state index contributed by atoms with van der Waals surface area (Å²) in [5.41, 5.74) is 0.174. The van der Waals surface area contributed by atoms with Crippen molar-refractivity contribution < 1.29 is 14.7 Å². The van der Waals surface area contributed by atoms with Crippen molar-refractivity contribution in [2.24, 2.45) is 5.41 Å². The zero-order chi connectivity index (χ0) is 14.9. The van der Waals surface area contributed by atoms with Gasteiger partial charge in [0.15, 0.2) is 0 Å². The molecule has 1 fully saturated rings. The Kier molecular flexibility index (Phi) is 4.04. The highest BCUT2D eigenvalue weighted by Gasteiger charge is 2.43. The Balaban J connectivity index is 2.23. The second-order valence-corrected chi connectivity index (χ2v) is 6.06. The van der Waals surface area contributed by atoms with E-state index in [0.29, 0.717) is 10.6 Å². The minimum Gasteiger partial charge on any atom is -0.480 e. The van der Waals surface area contributed by atoms with Crippen LogP contribution < -0.4 is 5.32 Å². The summed E-state index contributed by atoms with van der Waals surface area (Å²) in [5.74, 6) is -1.57. The van der Waals surface area contributed by atoms with Crippen LogP contribution in [0.5, 0.6) is 0 Å². The van der Waals surface area contributed by atoms with Gasteiger partial charge in [-0.3, -0.25) is 9.59 Å². The van der Waals surface area contributed by atoms with E-state index in [1.165, 1.54) is 6.92 Å². The summed E-state index contributed by atoms with van der Waals surface area (Å²) in [6.45, 7) is 3.36. The third kappa shape index (κ3) is 3.12. The Labute approximate surface area is 123 Å². The van der Waals surface area contributed by atoms with E-state index >= 15 is 0 Å². The lowest BCUT2D eigenvalue weighted by Crippen LogP contribution is -2.46. The van der Waals surface area contributed by atoms with Crippen molar-refractivity contribution in [2.45, 2.75) is 39.2 Å². The summed E-state index contributed by atoms with van der Waals surface area (Å²) in [6.07, 6.45) is 1.93. The van der Waals surface area contributed by atoms with Gasteiger partial charge in [0.1, 0.15) is 5.41 Å². The molecule has 1 aromatic carbocycles. The third-order valence-corrected chi connectivity index (χ3v) is 3.99. The molecule has 1 aliphatic rings. The molecule has 0 bridgehead atoms. The van der Waals surface area contributed by atoms with Crippen molar-refractivity contribution in [3.63, 3.8) is 0 Å². The van der Waals surface area contributed by atoms with Gasteiger partial charge >= 0.3 is 5.97 Å². The second kappa shape index (κ2) is 5.44. The van der Waals surface area contributed by atoms with E-state index in [0.717, 1.165) is 18.4 Å². The molecule has 4 nitrogen and oxygen atoms in total. The van der Waals surface area contributed by atoms with Gasteiger partial charge in [-0.2, -0.15) is 0 Å². The normalized spacial score (nSPS) is 17.4. The monoisotopic (exact) mass is 295 g/mol. The topological polar surface area (TPSA) is 66.4 Å². The average molecular weight is 296 g/mol. The van der Waals surface area contributed by atoms with Crippen LogP contribution >= 0.6 is 11.6 Å². The molecular weight excluding hydrogens is 278 g/mol. The SMILES string of the molecule is Cc1ccc(CC(C)(C(=O)O)C(=O)NC2CC2)c(Cl)c1. The van der Waals surface area contributed by atoms with Crippen LogP contribution in [0.25, 0.3) is 0 Å². The van der Waals surface area contributed by atoms with Gasteiger partial charge in [0, 0.05) is 11.1 Å². The van der Waals surface area contributed by atoms with Crippen LogP contribution in [0, 0.1) is 12.3 Å². The van der Waals surface area contributed by atoms with Gasteiger partial charge in [0.25, 0.3) is 0 Å². The number of carbonyl (C=O) groups is 2. The fourth-order valence-corrected chi connectivity index (χ4v) is 2.30. The average Bonchev–Trinajstić information content (AvgIpc) is 3.16. The van der Waals surface area contributed by atoms with Gasteiger partial charge in [-0.05, 0) is 50.3 Å². The fourth-order valence-electron chi connectivity index (χ4n) is 2.00. The summed E-state index contributed by atoms with van der Waals surface area (Å²) in [7, 11) is 0. The first-order chi connectivity index (χ1) is 9.33. The molecule has 2 N–H and O–H groups in total. The Hall–Kier alpha value is -1.55. The number of hydrogen-bond acceptors (Lipinski definition) is 2. The maximum Gasteiger partial charge on any atom is 0.319 e. The number of aryl methyl sites for hydroxylation is 1. The van der Waals surface area contributed by atoms with Crippen molar-refractivity contribution in [1.82, 2.24) is 5.32 Å². The molecule has 0 saturated heterocycles. The number of amides is 1. The molecule has 1 aliphatic carbocycles. The van der Waals surface area contributed by atoms with Gasteiger partial charge in [-0.1, -0.05) is 23.7 Å². The van der Waals surface area contributed by atoms with Crippen LogP contribution in [0.4, 0.5) is 0 Å². The highest BCUT2D eigenvalue weighted by Crippen LogP contribution is 2.30. The zero-order valence-corrected chi connectivity index (χ0v) is 12.3. The van der Waals surface area contributed by atoms with Crippen LogP contribution in [0.1, 0.15) is 30.9 Å². The lowest BCUT2D eigenvalue weighted by atomic mass is 9.82. The lowest BCUT2D eigenvalue weighted by Gasteiger charge is -2.24. The highest BCUT2D eigenvalue weighted by atomic mass is 35.5. The Morgan fingerprint density at radius 3 is 2.60 bits per heavy atom. The van der Waals surface area contributed by atoms with Gasteiger partial charge in [-0.15, -0.1) is 0 Å². The molecule has 0 heterocycles. The van der Waals surface area contributed by atoms with Gasteiger partial charge in [-0.25, -0.2) is 0 Å². The number of carboxylic acid groups (broad SMARTS) is 1. The van der Waals surface area contributed by atoms with Crippen molar-refractivity contribution >= 4 is 23.5 Å². The lowest BCUT2D eigenvalue weighted by molar-refractivity contribution is -0.154. The van der Waals surface area contributed by atoms with E-state index in [1.54, 1.807) is 12.1 Å². The molecule has 1 atom stereocenters. The predicted octanol–water partition coefficient (Wildman–Crippen LogP) is 2.56. The molecule has 1 amide bonds. The molecule has 1 saturated carbocycles. The van der Waals surface area contributed by atoms with E-state index < -0.39 is 17.3 Å². The van der Waals surface area contributed by atoms with Crippen molar-refractivity contribution in [3.05, 3.63) is 34.3 Å². The molecule has 1 aromatic rings. The number of carbonyl (C=O) groups excluding carboxylic acids is 1. The van der Waals surface area contributed by atoms with Crippen molar-refractivity contribution in [3.8, 4) is 0 Å². The third-order valence-electron chi connectivity index (χ3n) is 3.64. The fraction of sp³-hybridized carbons (Fsp3) is 0.467. The first-order valence-electron chi connectivity index (χ1n) is 6.62. The van der Waals surface area contributed by atoms with E-state index in [2.05, 4.69) is 5.32 Å². The Bertz CT molecular complexity index is 554. The van der Waals surface area contributed by atoms with Crippen LogP contribution in [-0.2, 0) is 16.0 Å². The second-order valence-electron chi connectivity index (χ2n) is 5.66. The van der Waals surface area contributed by atoms with E-state index in [4.69, 9.17) is 11.6 Å². The maximum absolute atomic E-state index is 12.2. The van der Waals surface area contributed by atoms with Gasteiger partial charge in [0.05, 0.1) is 0 Å². The number of aliphatic carboxylic acids is 1.